The molecule has 168 valence electrons. The van der Waals surface area contributed by atoms with Crippen LogP contribution in [0.3, 0.4) is 0 Å². The molecular weight excluding hydrogens is 496 g/mol. The normalized spacial score (nSPS) is 25.6. The van der Waals surface area contributed by atoms with Crippen molar-refractivity contribution in [2.24, 2.45) is 16.7 Å². The fraction of sp³-hybridized carbons (Fsp3) is 0.400. The lowest BCUT2D eigenvalue weighted by molar-refractivity contribution is -0.162. The predicted octanol–water partition coefficient (Wildman–Crippen LogP) is 5.97. The second kappa shape index (κ2) is 8.31. The van der Waals surface area contributed by atoms with Gasteiger partial charge in [0, 0.05) is 26.5 Å². The molecule has 1 aliphatic heterocycles. The van der Waals surface area contributed by atoms with Crippen molar-refractivity contribution in [2.45, 2.75) is 39.5 Å². The fourth-order valence-corrected chi connectivity index (χ4v) is 5.55. The number of ether oxygens (including phenoxy) is 2. The highest BCUT2D eigenvalue weighted by Gasteiger charge is 2.90. The van der Waals surface area contributed by atoms with Crippen molar-refractivity contribution in [3.63, 3.8) is 0 Å². The summed E-state index contributed by atoms with van der Waals surface area (Å²) in [6.07, 6.45) is 0.938. The molecule has 1 fully saturated rings. The molecule has 32 heavy (non-hydrogen) atoms. The summed E-state index contributed by atoms with van der Waals surface area (Å²) in [4.78, 5) is 40.8. The van der Waals surface area contributed by atoms with Gasteiger partial charge in [-0.25, -0.2) is 0 Å². The Morgan fingerprint density at radius 3 is 2.50 bits per heavy atom. The van der Waals surface area contributed by atoms with Crippen LogP contribution in [-0.2, 0) is 14.3 Å². The first-order valence-corrected chi connectivity index (χ1v) is 11.9. The highest BCUT2D eigenvalue weighted by Crippen LogP contribution is 2.80. The number of halogens is 2. The second-order valence-corrected chi connectivity index (χ2v) is 10.1. The Hall–Kier alpha value is -2.18. The first-order chi connectivity index (χ1) is 15.2. The first-order valence-electron chi connectivity index (χ1n) is 10.7. The molecule has 3 atom stereocenters. The molecule has 2 aromatic rings. The van der Waals surface area contributed by atoms with Gasteiger partial charge in [-0.15, -0.1) is 0 Å². The minimum absolute atomic E-state index is 0.179. The van der Waals surface area contributed by atoms with Gasteiger partial charge in [-0.3, -0.25) is 14.4 Å². The van der Waals surface area contributed by atoms with E-state index in [-0.39, 0.29) is 18.8 Å². The van der Waals surface area contributed by atoms with E-state index in [9.17, 15) is 14.4 Å². The maximum Gasteiger partial charge on any atom is 0.330 e. The summed E-state index contributed by atoms with van der Waals surface area (Å²) in [7, 11) is 0. The van der Waals surface area contributed by atoms with Crippen molar-refractivity contribution in [1.82, 2.24) is 0 Å². The van der Waals surface area contributed by atoms with Crippen LogP contribution >= 0.6 is 27.5 Å². The van der Waals surface area contributed by atoms with Crippen LogP contribution in [0.15, 0.2) is 46.9 Å². The van der Waals surface area contributed by atoms with E-state index >= 15 is 0 Å². The van der Waals surface area contributed by atoms with Crippen LogP contribution in [0.1, 0.15) is 55.5 Å². The number of carbonyl (C=O) groups is 3. The number of esters is 2. The van der Waals surface area contributed by atoms with E-state index < -0.39 is 28.7 Å². The van der Waals surface area contributed by atoms with Crippen molar-refractivity contribution >= 4 is 45.3 Å². The molecule has 7 heteroatoms. The van der Waals surface area contributed by atoms with Gasteiger partial charge < -0.3 is 9.47 Å². The van der Waals surface area contributed by atoms with Crippen molar-refractivity contribution in [3.05, 3.63) is 63.1 Å². The third-order valence-corrected chi connectivity index (χ3v) is 7.42. The van der Waals surface area contributed by atoms with Gasteiger partial charge in [0.05, 0.1) is 12.0 Å². The summed E-state index contributed by atoms with van der Waals surface area (Å²) in [5.41, 5.74) is -1.95. The third-order valence-electron chi connectivity index (χ3n) is 6.67. The Labute approximate surface area is 200 Å². The summed E-state index contributed by atoms with van der Waals surface area (Å²) in [5.74, 6) is -1.67. The number of benzene rings is 2. The van der Waals surface area contributed by atoms with Crippen molar-refractivity contribution in [3.8, 4) is 5.75 Å². The summed E-state index contributed by atoms with van der Waals surface area (Å²) < 4.78 is 12.0. The van der Waals surface area contributed by atoms with E-state index in [1.807, 2.05) is 26.8 Å². The summed E-state index contributed by atoms with van der Waals surface area (Å²) in [6, 6.07) is 11.7. The molecule has 1 heterocycles. The second-order valence-electron chi connectivity index (χ2n) is 8.79. The lowest BCUT2D eigenvalue weighted by Gasteiger charge is -2.23. The molecule has 0 aromatic heterocycles. The van der Waals surface area contributed by atoms with Gasteiger partial charge in [0.2, 0.25) is 0 Å². The zero-order valence-electron chi connectivity index (χ0n) is 18.1. The summed E-state index contributed by atoms with van der Waals surface area (Å²) in [6.45, 7) is 6.04. The fourth-order valence-electron chi connectivity index (χ4n) is 5.05. The SMILES string of the molecule is CC[C@]1(C(=O)c2ccc(Cl)cc2)[C@@H]2c3cc(Br)ccc3OC(=O)[C@]21C(=O)OCCC(C)C. The highest BCUT2D eigenvalue weighted by atomic mass is 79.9. The summed E-state index contributed by atoms with van der Waals surface area (Å²) in [5, 5.41) is 0.497. The molecule has 0 unspecified atom stereocenters. The van der Waals surface area contributed by atoms with Gasteiger partial charge in [0.15, 0.2) is 11.2 Å². The lowest BCUT2D eigenvalue weighted by Crippen LogP contribution is -2.41. The van der Waals surface area contributed by atoms with E-state index in [1.54, 1.807) is 36.4 Å². The molecule has 1 saturated carbocycles. The number of fused-ring (bicyclic) bond motifs is 3. The van der Waals surface area contributed by atoms with Gasteiger partial charge in [0.1, 0.15) is 5.75 Å². The van der Waals surface area contributed by atoms with Gasteiger partial charge in [-0.2, -0.15) is 0 Å². The smallest absolute Gasteiger partial charge is 0.330 e. The highest BCUT2D eigenvalue weighted by molar-refractivity contribution is 9.10. The molecular formula is C25H24BrClO5. The quantitative estimate of drug-likeness (QED) is 0.195. The molecule has 4 rings (SSSR count). The van der Waals surface area contributed by atoms with Gasteiger partial charge in [-0.1, -0.05) is 48.3 Å². The van der Waals surface area contributed by atoms with E-state index in [2.05, 4.69) is 15.9 Å². The minimum atomic E-state index is -1.71. The lowest BCUT2D eigenvalue weighted by atomic mass is 9.83. The van der Waals surface area contributed by atoms with Gasteiger partial charge >= 0.3 is 11.9 Å². The molecule has 0 bridgehead atoms. The number of carbonyl (C=O) groups excluding carboxylic acids is 3. The zero-order chi connectivity index (χ0) is 23.3. The number of rotatable bonds is 7. The monoisotopic (exact) mass is 518 g/mol. The standard InChI is InChI=1S/C25H24BrClO5/c1-4-24(21(28)15-5-8-17(27)9-6-15)20-18-13-16(26)7-10-19(18)32-23(30)25(20,24)22(29)31-12-11-14(2)3/h5-10,13-14,20H,4,11-12H2,1-3H3/t20-,24+,25+/m0/s1. The molecule has 2 aliphatic rings. The van der Waals surface area contributed by atoms with E-state index in [0.717, 1.165) is 4.47 Å². The van der Waals surface area contributed by atoms with Gasteiger partial charge in [0.25, 0.3) is 0 Å². The van der Waals surface area contributed by atoms with Crippen molar-refractivity contribution in [1.29, 1.82) is 0 Å². The average Bonchev–Trinajstić information content (AvgIpc) is 3.41. The van der Waals surface area contributed by atoms with Crippen LogP contribution in [0.5, 0.6) is 5.75 Å². The maximum absolute atomic E-state index is 13.9. The topological polar surface area (TPSA) is 69.7 Å². The molecule has 0 N–H and O–H groups in total. The largest absolute Gasteiger partial charge is 0.465 e. The van der Waals surface area contributed by atoms with Crippen LogP contribution in [0, 0.1) is 16.7 Å². The molecule has 2 aromatic carbocycles. The molecule has 0 spiro atoms. The molecule has 0 saturated heterocycles. The molecule has 5 nitrogen and oxygen atoms in total. The number of Topliss-reactive ketones (excluding diaryl/α,β-unsaturated/α-hetero) is 1. The van der Waals surface area contributed by atoms with E-state index in [0.29, 0.717) is 34.2 Å². The Morgan fingerprint density at radius 2 is 1.88 bits per heavy atom. The van der Waals surface area contributed by atoms with Crippen LogP contribution in [-0.4, -0.2) is 24.3 Å². The maximum atomic E-state index is 13.9. The number of hydrogen-bond acceptors (Lipinski definition) is 5. The van der Waals surface area contributed by atoms with Crippen LogP contribution in [0.2, 0.25) is 5.02 Å². The third kappa shape index (κ3) is 3.22. The van der Waals surface area contributed by atoms with E-state index in [1.165, 1.54) is 0 Å². The Balaban J connectivity index is 1.85. The Kier molecular flexibility index (Phi) is 5.97. The molecule has 0 radical (unpaired) electrons. The van der Waals surface area contributed by atoms with Crippen LogP contribution in [0.25, 0.3) is 0 Å². The van der Waals surface area contributed by atoms with Crippen LogP contribution in [0.4, 0.5) is 0 Å². The Morgan fingerprint density at radius 1 is 1.19 bits per heavy atom. The molecule has 1 aliphatic carbocycles. The van der Waals surface area contributed by atoms with Crippen LogP contribution < -0.4 is 4.74 Å². The zero-order valence-corrected chi connectivity index (χ0v) is 20.5. The minimum Gasteiger partial charge on any atom is -0.465 e. The first kappa shape index (κ1) is 23.0. The molecule has 0 amide bonds. The number of hydrogen-bond donors (Lipinski definition) is 0. The predicted molar refractivity (Wildman–Crippen MR) is 124 cm³/mol. The summed E-state index contributed by atoms with van der Waals surface area (Å²) >= 11 is 9.46. The van der Waals surface area contributed by atoms with E-state index in [4.69, 9.17) is 21.1 Å². The average molecular weight is 520 g/mol. The Bertz CT molecular complexity index is 1100. The van der Waals surface area contributed by atoms with Crippen molar-refractivity contribution < 1.29 is 23.9 Å². The van der Waals surface area contributed by atoms with Crippen molar-refractivity contribution in [2.75, 3.05) is 6.61 Å². The number of ketones is 1. The van der Waals surface area contributed by atoms with Gasteiger partial charge in [-0.05, 0) is 61.2 Å².